The molecule has 196 valence electrons. The number of aryl methyl sites for hydroxylation is 2. The van der Waals surface area contributed by atoms with E-state index in [2.05, 4.69) is 30.8 Å². The number of nitrogens with zero attached hydrogens (tertiary/aromatic N) is 4. The van der Waals surface area contributed by atoms with Crippen LogP contribution < -0.4 is 10.6 Å². The Morgan fingerprint density at radius 2 is 2.00 bits per heavy atom. The maximum atomic E-state index is 13.4. The minimum atomic E-state index is -1.00. The van der Waals surface area contributed by atoms with Gasteiger partial charge in [0.05, 0.1) is 11.6 Å². The van der Waals surface area contributed by atoms with Crippen LogP contribution in [-0.4, -0.2) is 47.5 Å². The molecule has 13 heteroatoms. The molecule has 1 aliphatic carbocycles. The molecule has 0 bridgehead atoms. The second-order valence-corrected chi connectivity index (χ2v) is 9.58. The van der Waals surface area contributed by atoms with Crippen LogP contribution in [0.2, 0.25) is 0 Å². The van der Waals surface area contributed by atoms with Crippen molar-refractivity contribution in [2.24, 2.45) is 0 Å². The first-order chi connectivity index (χ1) is 18.8. The predicted molar refractivity (Wildman–Crippen MR) is 140 cm³/mol. The van der Waals surface area contributed by atoms with Crippen LogP contribution in [-0.2, 0) is 13.0 Å². The molecule has 0 spiro atoms. The number of hydrogen-bond acceptors (Lipinski definition) is 8. The number of carbonyl (C=O) groups is 3. The van der Waals surface area contributed by atoms with E-state index < -0.39 is 17.8 Å². The summed E-state index contributed by atoms with van der Waals surface area (Å²) in [5, 5.41) is 21.7. The number of aromatic nitrogens is 5. The molecule has 5 aromatic rings. The molecule has 1 atom stereocenters. The Morgan fingerprint density at radius 1 is 1.15 bits per heavy atom. The molecular formula is C26H21N7O5S. The molecule has 39 heavy (non-hydrogen) atoms. The Balaban J connectivity index is 1.24. The summed E-state index contributed by atoms with van der Waals surface area (Å²) in [7, 11) is 0. The Kier molecular flexibility index (Phi) is 5.91. The van der Waals surface area contributed by atoms with Crippen LogP contribution in [0.1, 0.15) is 66.4 Å². The van der Waals surface area contributed by atoms with Crippen LogP contribution in [0, 0.1) is 11.7 Å². The fourth-order valence-corrected chi connectivity index (χ4v) is 5.03. The first kappa shape index (κ1) is 24.4. The van der Waals surface area contributed by atoms with E-state index in [1.165, 1.54) is 16.5 Å². The van der Waals surface area contributed by atoms with Crippen molar-refractivity contribution in [1.29, 1.82) is 0 Å². The van der Waals surface area contributed by atoms with E-state index in [0.717, 1.165) is 16.7 Å². The second kappa shape index (κ2) is 9.44. The highest BCUT2D eigenvalue weighted by molar-refractivity contribution is 7.71. The number of fused-ring (bicyclic) bond motifs is 3. The highest BCUT2D eigenvalue weighted by Crippen LogP contribution is 2.32. The standard InChI is InChI=1S/C26H21N7O5S/c1-12-28-18-8-13(2-7-21(18)38-12)11-27-22(34)19-10-20(33-25(30-19)31-32-26(33)39)23(35)29-17-6-4-14-9-15(24(36)37)3-5-16(14)17/h2-3,5,7-10,17H,4,6,11H2,1H3,(H,27,34)(H,29,35)(H,32,39)(H,36,37)/t17-/m0/s1. The number of nitrogens with one attached hydrogen (secondary N) is 3. The van der Waals surface area contributed by atoms with Crippen LogP contribution in [0.5, 0.6) is 0 Å². The van der Waals surface area contributed by atoms with Gasteiger partial charge in [-0.3, -0.25) is 9.59 Å². The third-order valence-corrected chi connectivity index (χ3v) is 6.91. The van der Waals surface area contributed by atoms with Crippen molar-refractivity contribution in [3.63, 3.8) is 0 Å². The fraction of sp³-hybridized carbons (Fsp3) is 0.192. The van der Waals surface area contributed by atoms with Crippen molar-refractivity contribution in [2.45, 2.75) is 32.4 Å². The van der Waals surface area contributed by atoms with Crippen LogP contribution in [0.3, 0.4) is 0 Å². The van der Waals surface area contributed by atoms with Crippen molar-refractivity contribution in [2.75, 3.05) is 0 Å². The van der Waals surface area contributed by atoms with E-state index in [-0.39, 0.29) is 40.1 Å². The van der Waals surface area contributed by atoms with Crippen LogP contribution in [0.4, 0.5) is 0 Å². The van der Waals surface area contributed by atoms with Gasteiger partial charge < -0.3 is 20.2 Å². The van der Waals surface area contributed by atoms with Crippen molar-refractivity contribution in [3.05, 3.63) is 86.8 Å². The number of aromatic carboxylic acids is 1. The summed E-state index contributed by atoms with van der Waals surface area (Å²) in [6.07, 6.45) is 1.24. The van der Waals surface area contributed by atoms with Crippen molar-refractivity contribution < 1.29 is 23.9 Å². The maximum Gasteiger partial charge on any atom is 0.335 e. The summed E-state index contributed by atoms with van der Waals surface area (Å²) in [5.41, 5.74) is 4.19. The number of aromatic amines is 1. The molecule has 3 aromatic heterocycles. The largest absolute Gasteiger partial charge is 0.478 e. The normalized spacial score (nSPS) is 14.4. The zero-order valence-corrected chi connectivity index (χ0v) is 21.3. The number of hydrogen-bond donors (Lipinski definition) is 4. The summed E-state index contributed by atoms with van der Waals surface area (Å²) in [6, 6.07) is 11.4. The molecule has 2 aromatic carbocycles. The lowest BCUT2D eigenvalue weighted by molar-refractivity contribution is 0.0696. The third-order valence-electron chi connectivity index (χ3n) is 6.64. The minimum Gasteiger partial charge on any atom is -0.478 e. The summed E-state index contributed by atoms with van der Waals surface area (Å²) in [6.45, 7) is 1.97. The number of carboxylic acid groups (broad SMARTS) is 1. The lowest BCUT2D eigenvalue weighted by Crippen LogP contribution is -2.30. The van der Waals surface area contributed by atoms with Gasteiger partial charge in [0.2, 0.25) is 4.77 Å². The monoisotopic (exact) mass is 543 g/mol. The molecule has 0 unspecified atom stereocenters. The van der Waals surface area contributed by atoms with Gasteiger partial charge in [-0.1, -0.05) is 12.1 Å². The van der Waals surface area contributed by atoms with Crippen LogP contribution in [0.15, 0.2) is 46.9 Å². The van der Waals surface area contributed by atoms with Crippen molar-refractivity contribution >= 4 is 46.9 Å². The average Bonchev–Trinajstić information content (AvgIpc) is 3.62. The molecule has 3 heterocycles. The molecule has 0 saturated heterocycles. The Morgan fingerprint density at radius 3 is 2.82 bits per heavy atom. The molecule has 4 N–H and O–H groups in total. The summed E-state index contributed by atoms with van der Waals surface area (Å²) in [5.74, 6) is -1.34. The zero-order chi connectivity index (χ0) is 27.3. The van der Waals surface area contributed by atoms with E-state index in [1.807, 2.05) is 12.1 Å². The molecular weight excluding hydrogens is 522 g/mol. The first-order valence-electron chi connectivity index (χ1n) is 12.1. The average molecular weight is 544 g/mol. The van der Waals surface area contributed by atoms with Crippen LogP contribution >= 0.6 is 12.2 Å². The van der Waals surface area contributed by atoms with Crippen molar-refractivity contribution in [3.8, 4) is 0 Å². The summed E-state index contributed by atoms with van der Waals surface area (Å²) in [4.78, 5) is 46.4. The quantitative estimate of drug-likeness (QED) is 0.235. The molecule has 0 fully saturated rings. The van der Waals surface area contributed by atoms with Crippen LogP contribution in [0.25, 0.3) is 16.9 Å². The number of H-pyrrole nitrogens is 1. The highest BCUT2D eigenvalue weighted by Gasteiger charge is 2.27. The number of amides is 2. The van der Waals surface area contributed by atoms with Gasteiger partial charge in [0.1, 0.15) is 16.9 Å². The van der Waals surface area contributed by atoms with Gasteiger partial charge in [0.25, 0.3) is 17.6 Å². The molecule has 6 rings (SSSR count). The highest BCUT2D eigenvalue weighted by atomic mass is 32.1. The summed E-state index contributed by atoms with van der Waals surface area (Å²) < 4.78 is 7.01. The Hall–Kier alpha value is -4.91. The molecule has 0 saturated carbocycles. The fourth-order valence-electron chi connectivity index (χ4n) is 4.80. The van der Waals surface area contributed by atoms with Gasteiger partial charge in [-0.05, 0) is 72.1 Å². The van der Waals surface area contributed by atoms with Gasteiger partial charge in [-0.25, -0.2) is 24.3 Å². The van der Waals surface area contributed by atoms with Gasteiger partial charge in [0, 0.05) is 13.5 Å². The number of rotatable bonds is 6. The number of benzene rings is 2. The Labute approximate surface area is 225 Å². The van der Waals surface area contributed by atoms with E-state index in [4.69, 9.17) is 16.6 Å². The smallest absolute Gasteiger partial charge is 0.335 e. The van der Waals surface area contributed by atoms with E-state index in [9.17, 15) is 19.5 Å². The number of carbonyl (C=O) groups excluding carboxylic acids is 2. The SMILES string of the molecule is Cc1nc2cc(CNC(=O)c3cc(C(=O)N[C@H]4CCc5cc(C(=O)O)ccc54)n4c(=S)[nH]nc4n3)ccc2o1. The molecule has 12 nitrogen and oxygen atoms in total. The van der Waals surface area contributed by atoms with Gasteiger partial charge >= 0.3 is 5.97 Å². The molecule has 0 radical (unpaired) electrons. The number of oxazole rings is 1. The third kappa shape index (κ3) is 4.52. The molecule has 2 amide bonds. The predicted octanol–water partition coefficient (Wildman–Crippen LogP) is 3.28. The molecule has 1 aliphatic rings. The second-order valence-electron chi connectivity index (χ2n) is 9.19. The van der Waals surface area contributed by atoms with E-state index in [1.54, 1.807) is 25.1 Å². The zero-order valence-electron chi connectivity index (χ0n) is 20.5. The minimum absolute atomic E-state index is 0.00192. The van der Waals surface area contributed by atoms with E-state index >= 15 is 0 Å². The lowest BCUT2D eigenvalue weighted by Gasteiger charge is -2.15. The topological polar surface area (TPSA) is 168 Å². The first-order valence-corrected chi connectivity index (χ1v) is 12.5. The number of carboxylic acids is 1. The van der Waals surface area contributed by atoms with E-state index in [0.29, 0.717) is 29.8 Å². The van der Waals surface area contributed by atoms with Gasteiger partial charge in [-0.15, -0.1) is 5.10 Å². The Bertz CT molecular complexity index is 1870. The maximum absolute atomic E-state index is 13.4. The van der Waals surface area contributed by atoms with Gasteiger partial charge in [-0.2, -0.15) is 0 Å². The van der Waals surface area contributed by atoms with Gasteiger partial charge in [0.15, 0.2) is 11.5 Å². The molecule has 0 aliphatic heterocycles. The van der Waals surface area contributed by atoms with Crippen molar-refractivity contribution in [1.82, 2.24) is 35.2 Å². The summed E-state index contributed by atoms with van der Waals surface area (Å²) >= 11 is 5.30. The lowest BCUT2D eigenvalue weighted by atomic mass is 10.0.